The Labute approximate surface area is 256 Å². The number of aromatic nitrogens is 2. The predicted octanol–water partition coefficient (Wildman–Crippen LogP) is 4.22. The van der Waals surface area contributed by atoms with E-state index >= 15 is 0 Å². The van der Waals surface area contributed by atoms with Crippen molar-refractivity contribution in [2.75, 3.05) is 25.2 Å². The third-order valence-corrected chi connectivity index (χ3v) is 8.71. The summed E-state index contributed by atoms with van der Waals surface area (Å²) in [6, 6.07) is 11.4. The number of anilines is 1. The van der Waals surface area contributed by atoms with E-state index in [0.29, 0.717) is 35.2 Å². The molecule has 1 aliphatic heterocycles. The molecular weight excluding hydrogens is 588 g/mol. The summed E-state index contributed by atoms with van der Waals surface area (Å²) in [6.45, 7) is 5.20. The van der Waals surface area contributed by atoms with Gasteiger partial charge in [-0.25, -0.2) is 4.79 Å². The van der Waals surface area contributed by atoms with Gasteiger partial charge in [0.25, 0.3) is 10.1 Å². The summed E-state index contributed by atoms with van der Waals surface area (Å²) in [4.78, 5) is 42.6. The van der Waals surface area contributed by atoms with Crippen LogP contribution in [-0.2, 0) is 34.0 Å². The third-order valence-electron chi connectivity index (χ3n) is 8.08. The quantitative estimate of drug-likeness (QED) is 0.381. The molecule has 236 valence electrons. The Bertz CT molecular complexity index is 1670. The van der Waals surface area contributed by atoms with Crippen molar-refractivity contribution in [1.29, 1.82) is 0 Å². The fourth-order valence-corrected chi connectivity index (χ4v) is 6.84. The van der Waals surface area contributed by atoms with Crippen molar-refractivity contribution < 1.29 is 36.5 Å². The smallest absolute Gasteiger partial charge is 0.435 e. The highest BCUT2D eigenvalue weighted by molar-refractivity contribution is 7.86. The first-order valence-corrected chi connectivity index (χ1v) is 16.4. The number of benzene rings is 2. The third kappa shape index (κ3) is 6.43. The molecule has 2 aromatic carbocycles. The van der Waals surface area contributed by atoms with Gasteiger partial charge in [-0.2, -0.15) is 18.2 Å². The SMILES string of the molecule is COc1ccc(C2(C(=O)N3C[C@@H](OS(C)(=O)=O)C[C@@H]3C(=O)Nc3cccc4c3cnn4C(=O)OC(C)(C)C)CCCC2)cc1. The minimum Gasteiger partial charge on any atom is -0.497 e. The van der Waals surface area contributed by atoms with Crippen LogP contribution in [0.5, 0.6) is 5.75 Å². The van der Waals surface area contributed by atoms with Gasteiger partial charge in [0, 0.05) is 18.4 Å². The number of amides is 2. The molecule has 2 fully saturated rings. The summed E-state index contributed by atoms with van der Waals surface area (Å²) >= 11 is 0. The van der Waals surface area contributed by atoms with E-state index in [1.54, 1.807) is 46.1 Å². The zero-order chi connectivity index (χ0) is 31.9. The van der Waals surface area contributed by atoms with Gasteiger partial charge in [-0.05, 0) is 63.4 Å². The maximum Gasteiger partial charge on any atom is 0.435 e. The zero-order valence-corrected chi connectivity index (χ0v) is 26.3. The van der Waals surface area contributed by atoms with Crippen molar-refractivity contribution in [3.8, 4) is 5.75 Å². The summed E-state index contributed by atoms with van der Waals surface area (Å²) < 4.78 is 41.3. The Kier molecular flexibility index (Phi) is 8.47. The minimum atomic E-state index is -3.84. The molecule has 0 radical (unpaired) electrons. The molecule has 5 rings (SSSR count). The number of rotatable bonds is 7. The van der Waals surface area contributed by atoms with E-state index in [0.717, 1.165) is 29.3 Å². The Hall–Kier alpha value is -3.97. The van der Waals surface area contributed by atoms with Crippen LogP contribution >= 0.6 is 0 Å². The van der Waals surface area contributed by atoms with Gasteiger partial charge >= 0.3 is 6.09 Å². The van der Waals surface area contributed by atoms with Gasteiger partial charge in [0.05, 0.1) is 42.3 Å². The lowest BCUT2D eigenvalue weighted by atomic mass is 9.77. The summed E-state index contributed by atoms with van der Waals surface area (Å²) in [5.41, 5.74) is 0.0466. The molecule has 0 spiro atoms. The molecule has 1 aliphatic carbocycles. The van der Waals surface area contributed by atoms with E-state index in [-0.39, 0.29) is 18.9 Å². The van der Waals surface area contributed by atoms with Crippen molar-refractivity contribution in [2.45, 2.75) is 76.0 Å². The maximum absolute atomic E-state index is 14.5. The molecule has 2 amide bonds. The van der Waals surface area contributed by atoms with Crippen LogP contribution in [-0.4, -0.2) is 78.7 Å². The second-order valence-corrected chi connectivity index (χ2v) is 14.0. The molecule has 2 atom stereocenters. The van der Waals surface area contributed by atoms with Crippen LogP contribution in [0.2, 0.25) is 0 Å². The van der Waals surface area contributed by atoms with Gasteiger partial charge in [-0.15, -0.1) is 0 Å². The van der Waals surface area contributed by atoms with Crippen molar-refractivity contribution >= 4 is 44.6 Å². The summed E-state index contributed by atoms with van der Waals surface area (Å²) in [5, 5.41) is 7.57. The van der Waals surface area contributed by atoms with Crippen LogP contribution in [0.25, 0.3) is 10.9 Å². The van der Waals surface area contributed by atoms with Crippen molar-refractivity contribution in [2.24, 2.45) is 0 Å². The lowest BCUT2D eigenvalue weighted by molar-refractivity contribution is -0.141. The molecule has 13 heteroatoms. The fourth-order valence-electron chi connectivity index (χ4n) is 6.20. The highest BCUT2D eigenvalue weighted by atomic mass is 32.2. The molecule has 0 unspecified atom stereocenters. The van der Waals surface area contributed by atoms with E-state index in [9.17, 15) is 22.8 Å². The molecular formula is C31H38N4O8S. The van der Waals surface area contributed by atoms with Crippen molar-refractivity contribution in [3.05, 3.63) is 54.2 Å². The van der Waals surface area contributed by atoms with Gasteiger partial charge < -0.3 is 19.7 Å². The number of nitrogens with zero attached hydrogens (tertiary/aromatic N) is 3. The molecule has 2 aliphatic rings. The van der Waals surface area contributed by atoms with Crippen LogP contribution < -0.4 is 10.1 Å². The topological polar surface area (TPSA) is 146 Å². The Balaban J connectivity index is 1.45. The second-order valence-electron chi connectivity index (χ2n) is 12.4. The normalized spacial score (nSPS) is 20.1. The van der Waals surface area contributed by atoms with Crippen LogP contribution in [0.4, 0.5) is 10.5 Å². The van der Waals surface area contributed by atoms with E-state index in [4.69, 9.17) is 13.7 Å². The van der Waals surface area contributed by atoms with Gasteiger partial charge in [0.1, 0.15) is 17.4 Å². The number of ether oxygens (including phenoxy) is 2. The number of likely N-dealkylation sites (tertiary alicyclic amines) is 1. The zero-order valence-electron chi connectivity index (χ0n) is 25.5. The van der Waals surface area contributed by atoms with Gasteiger partial charge in [0.15, 0.2) is 0 Å². The minimum absolute atomic E-state index is 0.00349. The van der Waals surface area contributed by atoms with Crippen LogP contribution in [0, 0.1) is 0 Å². The summed E-state index contributed by atoms with van der Waals surface area (Å²) in [7, 11) is -2.27. The first kappa shape index (κ1) is 31.5. The first-order valence-electron chi connectivity index (χ1n) is 14.6. The van der Waals surface area contributed by atoms with Gasteiger partial charge in [0.2, 0.25) is 11.8 Å². The highest BCUT2D eigenvalue weighted by Gasteiger charge is 2.51. The first-order chi connectivity index (χ1) is 20.7. The number of methoxy groups -OCH3 is 1. The molecule has 0 bridgehead atoms. The molecule has 1 saturated heterocycles. The molecule has 1 aromatic heterocycles. The number of nitrogens with one attached hydrogen (secondary N) is 1. The number of hydrogen-bond donors (Lipinski definition) is 1. The molecule has 2 heterocycles. The molecule has 1 N–H and O–H groups in total. The fraction of sp³-hybridized carbons (Fsp3) is 0.484. The van der Waals surface area contributed by atoms with Crippen molar-refractivity contribution in [1.82, 2.24) is 14.7 Å². The lowest BCUT2D eigenvalue weighted by Crippen LogP contribution is -2.51. The standard InChI is InChI=1S/C31H38N4O8S/c1-30(2,3)42-29(38)35-25-10-8-9-24(23(25)18-32-35)33-27(36)26-17-22(43-44(5,39)40)19-34(26)28(37)31(15-6-7-16-31)20-11-13-21(41-4)14-12-20/h8-14,18,22,26H,6-7,15-17,19H2,1-5H3,(H,33,36)/t22-,26+/m0/s1. The molecule has 44 heavy (non-hydrogen) atoms. The number of carbonyl (C=O) groups excluding carboxylic acids is 3. The van der Waals surface area contributed by atoms with Crippen LogP contribution in [0.3, 0.4) is 0 Å². The predicted molar refractivity (Wildman–Crippen MR) is 163 cm³/mol. The largest absolute Gasteiger partial charge is 0.497 e. The Morgan fingerprint density at radius 2 is 1.73 bits per heavy atom. The molecule has 1 saturated carbocycles. The van der Waals surface area contributed by atoms with E-state index in [2.05, 4.69) is 10.4 Å². The number of hydrogen-bond acceptors (Lipinski definition) is 9. The summed E-state index contributed by atoms with van der Waals surface area (Å²) in [5.74, 6) is -0.0761. The lowest BCUT2D eigenvalue weighted by Gasteiger charge is -2.35. The summed E-state index contributed by atoms with van der Waals surface area (Å²) in [6.07, 6.45) is 3.74. The average molecular weight is 627 g/mol. The van der Waals surface area contributed by atoms with Crippen LogP contribution in [0.1, 0.15) is 58.4 Å². The van der Waals surface area contributed by atoms with E-state index < -0.39 is 45.3 Å². The Morgan fingerprint density at radius 1 is 1.05 bits per heavy atom. The van der Waals surface area contributed by atoms with E-state index in [1.165, 1.54) is 11.1 Å². The van der Waals surface area contributed by atoms with Crippen LogP contribution in [0.15, 0.2) is 48.7 Å². The van der Waals surface area contributed by atoms with Gasteiger partial charge in [-0.3, -0.25) is 13.8 Å². The van der Waals surface area contributed by atoms with E-state index in [1.807, 2.05) is 24.3 Å². The maximum atomic E-state index is 14.5. The monoisotopic (exact) mass is 626 g/mol. The highest BCUT2D eigenvalue weighted by Crippen LogP contribution is 2.44. The number of carbonyl (C=O) groups is 3. The Morgan fingerprint density at radius 3 is 2.34 bits per heavy atom. The second kappa shape index (κ2) is 11.8. The average Bonchev–Trinajstić information content (AvgIpc) is 3.70. The van der Waals surface area contributed by atoms with Crippen molar-refractivity contribution in [3.63, 3.8) is 0 Å². The molecule has 3 aromatic rings. The molecule has 12 nitrogen and oxygen atoms in total. The number of fused-ring (bicyclic) bond motifs is 1. The van der Waals surface area contributed by atoms with Gasteiger partial charge in [-0.1, -0.05) is 31.0 Å².